The molecule has 1 aliphatic heterocycles. The molecule has 1 saturated carbocycles. The molecular weight excluding hydrogens is 298 g/mol. The molecule has 0 spiro atoms. The summed E-state index contributed by atoms with van der Waals surface area (Å²) in [5.41, 5.74) is 0. The van der Waals surface area contributed by atoms with Gasteiger partial charge in [0, 0.05) is 39.8 Å². The molecule has 130 valence electrons. The molecule has 0 N–H and O–H groups in total. The lowest BCUT2D eigenvalue weighted by atomic mass is 9.91. The van der Waals surface area contributed by atoms with Crippen molar-refractivity contribution in [1.29, 1.82) is 0 Å². The Bertz CT molecular complexity index is 413. The number of sulfonamides is 1. The third-order valence-electron chi connectivity index (χ3n) is 5.19. The van der Waals surface area contributed by atoms with Crippen molar-refractivity contribution < 1.29 is 8.42 Å². The molecule has 0 amide bonds. The molecule has 0 aromatic rings. The Hall–Kier alpha value is -0.170. The highest BCUT2D eigenvalue weighted by Crippen LogP contribution is 2.25. The van der Waals surface area contributed by atoms with E-state index in [0.717, 1.165) is 52.0 Å². The minimum atomic E-state index is -3.07. The highest BCUT2D eigenvalue weighted by atomic mass is 32.2. The average Bonchev–Trinajstić information content (AvgIpc) is 2.49. The van der Waals surface area contributed by atoms with Gasteiger partial charge in [0.15, 0.2) is 0 Å². The first-order chi connectivity index (χ1) is 10.5. The molecular formula is C16H33N3O2S. The van der Waals surface area contributed by atoms with E-state index in [-0.39, 0.29) is 0 Å². The van der Waals surface area contributed by atoms with Gasteiger partial charge in [-0.2, -0.15) is 0 Å². The fourth-order valence-corrected chi connectivity index (χ4v) is 5.10. The van der Waals surface area contributed by atoms with Crippen LogP contribution in [-0.4, -0.2) is 81.6 Å². The Labute approximate surface area is 136 Å². The van der Waals surface area contributed by atoms with E-state index in [1.165, 1.54) is 19.3 Å². The maximum atomic E-state index is 12.4. The number of nitrogens with zero attached hydrogens (tertiary/aromatic N) is 3. The monoisotopic (exact) mass is 331 g/mol. The second-order valence-corrected chi connectivity index (χ2v) is 9.22. The normalized spacial score (nSPS) is 23.2. The third kappa shape index (κ3) is 5.80. The molecule has 2 rings (SSSR count). The minimum absolute atomic E-state index is 0.359. The van der Waals surface area contributed by atoms with Gasteiger partial charge in [0.1, 0.15) is 0 Å². The zero-order valence-corrected chi connectivity index (χ0v) is 15.2. The van der Waals surface area contributed by atoms with E-state index in [2.05, 4.69) is 16.8 Å². The molecule has 0 unspecified atom stereocenters. The van der Waals surface area contributed by atoms with Crippen LogP contribution in [0, 0.1) is 5.92 Å². The molecule has 22 heavy (non-hydrogen) atoms. The fourth-order valence-electron chi connectivity index (χ4n) is 3.51. The van der Waals surface area contributed by atoms with E-state index in [1.54, 1.807) is 11.4 Å². The van der Waals surface area contributed by atoms with Gasteiger partial charge in [0.2, 0.25) is 10.0 Å². The van der Waals surface area contributed by atoms with Gasteiger partial charge in [-0.15, -0.1) is 0 Å². The molecule has 0 aromatic carbocycles. The number of likely N-dealkylation sites (N-methyl/N-ethyl adjacent to an activating group) is 1. The molecule has 2 fully saturated rings. The van der Waals surface area contributed by atoms with E-state index in [0.29, 0.717) is 18.2 Å². The zero-order valence-electron chi connectivity index (χ0n) is 14.3. The SMILES string of the molecule is CN1CCN(CCCN(C)S(=O)(=O)CC2CCCCC2)CC1. The summed E-state index contributed by atoms with van der Waals surface area (Å²) in [5, 5.41) is 0. The van der Waals surface area contributed by atoms with E-state index in [4.69, 9.17) is 0 Å². The predicted molar refractivity (Wildman–Crippen MR) is 91.5 cm³/mol. The van der Waals surface area contributed by atoms with Crippen molar-refractivity contribution in [3.05, 3.63) is 0 Å². The van der Waals surface area contributed by atoms with E-state index in [9.17, 15) is 8.42 Å². The quantitative estimate of drug-likeness (QED) is 0.708. The Morgan fingerprint density at radius 3 is 2.32 bits per heavy atom. The van der Waals surface area contributed by atoms with Crippen LogP contribution in [0.15, 0.2) is 0 Å². The molecule has 1 saturated heterocycles. The Balaban J connectivity index is 1.67. The lowest BCUT2D eigenvalue weighted by Crippen LogP contribution is -2.45. The van der Waals surface area contributed by atoms with Gasteiger partial charge in [-0.3, -0.25) is 0 Å². The summed E-state index contributed by atoms with van der Waals surface area (Å²) in [6.45, 7) is 6.12. The molecule has 1 heterocycles. The molecule has 2 aliphatic rings. The second kappa shape index (κ2) is 8.62. The number of rotatable bonds is 7. The van der Waals surface area contributed by atoms with Crippen molar-refractivity contribution in [2.75, 3.05) is 59.1 Å². The standard InChI is InChI=1S/C16H33N3O2S/c1-17-11-13-19(14-12-17)10-6-9-18(2)22(20,21)15-16-7-4-3-5-8-16/h16H,3-15H2,1-2H3. The maximum absolute atomic E-state index is 12.4. The highest BCUT2D eigenvalue weighted by molar-refractivity contribution is 7.89. The van der Waals surface area contributed by atoms with Crippen LogP contribution in [0.1, 0.15) is 38.5 Å². The summed E-state index contributed by atoms with van der Waals surface area (Å²) in [4.78, 5) is 4.79. The first kappa shape index (κ1) is 18.2. The van der Waals surface area contributed by atoms with E-state index < -0.39 is 10.0 Å². The van der Waals surface area contributed by atoms with E-state index in [1.807, 2.05) is 0 Å². The van der Waals surface area contributed by atoms with Gasteiger partial charge in [-0.25, -0.2) is 12.7 Å². The summed E-state index contributed by atoms with van der Waals surface area (Å²) in [7, 11) is 0.843. The summed E-state index contributed by atoms with van der Waals surface area (Å²) >= 11 is 0. The third-order valence-corrected chi connectivity index (χ3v) is 7.21. The Kier molecular flexibility index (Phi) is 7.12. The van der Waals surface area contributed by atoms with Crippen molar-refractivity contribution in [3.8, 4) is 0 Å². The van der Waals surface area contributed by atoms with Crippen LogP contribution in [-0.2, 0) is 10.0 Å². The smallest absolute Gasteiger partial charge is 0.214 e. The van der Waals surface area contributed by atoms with Gasteiger partial charge in [0.25, 0.3) is 0 Å². The van der Waals surface area contributed by atoms with Crippen LogP contribution in [0.3, 0.4) is 0 Å². The van der Waals surface area contributed by atoms with Crippen molar-refractivity contribution in [2.45, 2.75) is 38.5 Å². The Morgan fingerprint density at radius 2 is 1.68 bits per heavy atom. The molecule has 6 heteroatoms. The van der Waals surface area contributed by atoms with Crippen molar-refractivity contribution in [1.82, 2.24) is 14.1 Å². The average molecular weight is 332 g/mol. The molecule has 0 atom stereocenters. The molecule has 0 bridgehead atoms. The topological polar surface area (TPSA) is 43.9 Å². The van der Waals surface area contributed by atoms with Gasteiger partial charge >= 0.3 is 0 Å². The highest BCUT2D eigenvalue weighted by Gasteiger charge is 2.24. The van der Waals surface area contributed by atoms with Crippen LogP contribution < -0.4 is 0 Å². The van der Waals surface area contributed by atoms with Crippen molar-refractivity contribution in [3.63, 3.8) is 0 Å². The number of hydrogen-bond acceptors (Lipinski definition) is 4. The molecule has 0 aromatic heterocycles. The fraction of sp³-hybridized carbons (Fsp3) is 1.00. The maximum Gasteiger partial charge on any atom is 0.214 e. The summed E-state index contributed by atoms with van der Waals surface area (Å²) < 4.78 is 26.5. The summed E-state index contributed by atoms with van der Waals surface area (Å²) in [6.07, 6.45) is 6.80. The number of piperazine rings is 1. The molecule has 1 aliphatic carbocycles. The van der Waals surface area contributed by atoms with E-state index >= 15 is 0 Å². The van der Waals surface area contributed by atoms with Crippen LogP contribution in [0.2, 0.25) is 0 Å². The van der Waals surface area contributed by atoms with Gasteiger partial charge in [0.05, 0.1) is 5.75 Å². The summed E-state index contributed by atoms with van der Waals surface area (Å²) in [5.74, 6) is 0.747. The predicted octanol–water partition coefficient (Wildman–Crippen LogP) is 1.47. The van der Waals surface area contributed by atoms with Crippen LogP contribution in [0.5, 0.6) is 0 Å². The minimum Gasteiger partial charge on any atom is -0.304 e. The second-order valence-electron chi connectivity index (χ2n) is 7.10. The van der Waals surface area contributed by atoms with Gasteiger partial charge in [-0.05, 0) is 38.8 Å². The Morgan fingerprint density at radius 1 is 1.05 bits per heavy atom. The van der Waals surface area contributed by atoms with Gasteiger partial charge in [-0.1, -0.05) is 19.3 Å². The summed E-state index contributed by atoms with van der Waals surface area (Å²) in [6, 6.07) is 0. The number of hydrogen-bond donors (Lipinski definition) is 0. The first-order valence-corrected chi connectivity index (χ1v) is 10.4. The lowest BCUT2D eigenvalue weighted by molar-refractivity contribution is 0.151. The largest absolute Gasteiger partial charge is 0.304 e. The zero-order chi connectivity index (χ0) is 16.0. The van der Waals surface area contributed by atoms with Crippen LogP contribution in [0.4, 0.5) is 0 Å². The first-order valence-electron chi connectivity index (χ1n) is 8.82. The lowest BCUT2D eigenvalue weighted by Gasteiger charge is -2.32. The van der Waals surface area contributed by atoms with Crippen LogP contribution in [0.25, 0.3) is 0 Å². The van der Waals surface area contributed by atoms with Gasteiger partial charge < -0.3 is 9.80 Å². The van der Waals surface area contributed by atoms with Crippen molar-refractivity contribution >= 4 is 10.0 Å². The molecule has 0 radical (unpaired) electrons. The molecule has 5 nitrogen and oxygen atoms in total. The van der Waals surface area contributed by atoms with Crippen molar-refractivity contribution in [2.24, 2.45) is 5.92 Å². The van der Waals surface area contributed by atoms with Crippen LogP contribution >= 0.6 is 0 Å².